The molecule has 0 aromatic heterocycles. The number of piperidine rings is 1. The van der Waals surface area contributed by atoms with E-state index in [1.807, 2.05) is 0 Å². The molecule has 0 aromatic carbocycles. The second-order valence-corrected chi connectivity index (χ2v) is 5.69. The van der Waals surface area contributed by atoms with Crippen molar-refractivity contribution in [3.05, 3.63) is 0 Å². The number of hydrogen-bond acceptors (Lipinski definition) is 3. The lowest BCUT2D eigenvalue weighted by molar-refractivity contribution is 0.0107. The fourth-order valence-electron chi connectivity index (χ4n) is 2.77. The van der Waals surface area contributed by atoms with E-state index in [4.69, 9.17) is 10.5 Å². The molecular formula is C14H30N2O. The van der Waals surface area contributed by atoms with Crippen LogP contribution >= 0.6 is 0 Å². The third kappa shape index (κ3) is 5.84. The Morgan fingerprint density at radius 2 is 1.94 bits per heavy atom. The molecule has 17 heavy (non-hydrogen) atoms. The standard InChI is InChI=1S/C14H30N2O/c1-4-17-14-5-7-16(8-6-14)11-13(10-15)9-12(2)3/h12-14H,4-11,15H2,1-3H3. The average molecular weight is 242 g/mol. The zero-order valence-corrected chi connectivity index (χ0v) is 11.8. The van der Waals surface area contributed by atoms with E-state index in [2.05, 4.69) is 25.7 Å². The summed E-state index contributed by atoms with van der Waals surface area (Å²) in [7, 11) is 0. The van der Waals surface area contributed by atoms with Crippen LogP contribution in [0.3, 0.4) is 0 Å². The van der Waals surface area contributed by atoms with Crippen LogP contribution in [0.1, 0.15) is 40.0 Å². The van der Waals surface area contributed by atoms with E-state index in [1.54, 1.807) is 0 Å². The van der Waals surface area contributed by atoms with E-state index in [0.29, 0.717) is 12.0 Å². The molecule has 1 atom stereocenters. The fourth-order valence-corrected chi connectivity index (χ4v) is 2.77. The van der Waals surface area contributed by atoms with E-state index < -0.39 is 0 Å². The molecule has 1 rings (SSSR count). The minimum atomic E-state index is 0.498. The van der Waals surface area contributed by atoms with Crippen LogP contribution < -0.4 is 5.73 Å². The quantitative estimate of drug-likeness (QED) is 0.743. The molecule has 2 N–H and O–H groups in total. The molecule has 1 fully saturated rings. The predicted octanol–water partition coefficient (Wildman–Crippen LogP) is 2.11. The first-order valence-corrected chi connectivity index (χ1v) is 7.19. The van der Waals surface area contributed by atoms with Gasteiger partial charge in [0.25, 0.3) is 0 Å². The zero-order valence-electron chi connectivity index (χ0n) is 11.8. The van der Waals surface area contributed by atoms with Gasteiger partial charge in [-0.1, -0.05) is 13.8 Å². The summed E-state index contributed by atoms with van der Waals surface area (Å²) in [5, 5.41) is 0. The van der Waals surface area contributed by atoms with Gasteiger partial charge in [-0.05, 0) is 44.6 Å². The van der Waals surface area contributed by atoms with Crippen molar-refractivity contribution in [1.82, 2.24) is 4.90 Å². The molecule has 0 amide bonds. The number of nitrogens with zero attached hydrogens (tertiary/aromatic N) is 1. The van der Waals surface area contributed by atoms with E-state index >= 15 is 0 Å². The summed E-state index contributed by atoms with van der Waals surface area (Å²) >= 11 is 0. The molecule has 1 heterocycles. The van der Waals surface area contributed by atoms with Gasteiger partial charge in [0, 0.05) is 26.2 Å². The van der Waals surface area contributed by atoms with Gasteiger partial charge >= 0.3 is 0 Å². The summed E-state index contributed by atoms with van der Waals surface area (Å²) in [6.45, 7) is 11.9. The molecule has 0 saturated carbocycles. The fraction of sp³-hybridized carbons (Fsp3) is 1.00. The van der Waals surface area contributed by atoms with Crippen LogP contribution in [0.15, 0.2) is 0 Å². The van der Waals surface area contributed by atoms with Gasteiger partial charge in [0.05, 0.1) is 6.10 Å². The highest BCUT2D eigenvalue weighted by atomic mass is 16.5. The molecule has 3 nitrogen and oxygen atoms in total. The van der Waals surface area contributed by atoms with Crippen molar-refractivity contribution in [1.29, 1.82) is 0 Å². The summed E-state index contributed by atoms with van der Waals surface area (Å²) in [6, 6.07) is 0. The minimum Gasteiger partial charge on any atom is -0.378 e. The van der Waals surface area contributed by atoms with Crippen LogP contribution in [0.4, 0.5) is 0 Å². The van der Waals surface area contributed by atoms with Gasteiger partial charge < -0.3 is 15.4 Å². The number of likely N-dealkylation sites (tertiary alicyclic amines) is 1. The minimum absolute atomic E-state index is 0.498. The normalized spacial score (nSPS) is 21.0. The van der Waals surface area contributed by atoms with Crippen molar-refractivity contribution < 1.29 is 4.74 Å². The van der Waals surface area contributed by atoms with Crippen molar-refractivity contribution >= 4 is 0 Å². The van der Waals surface area contributed by atoms with Gasteiger partial charge in [0.15, 0.2) is 0 Å². The third-order valence-electron chi connectivity index (χ3n) is 3.59. The van der Waals surface area contributed by atoms with Crippen LogP contribution in [-0.4, -0.2) is 43.8 Å². The number of rotatable bonds is 7. The van der Waals surface area contributed by atoms with E-state index in [-0.39, 0.29) is 0 Å². The highest BCUT2D eigenvalue weighted by Gasteiger charge is 2.21. The van der Waals surface area contributed by atoms with Gasteiger partial charge in [-0.25, -0.2) is 0 Å². The van der Waals surface area contributed by atoms with Crippen molar-refractivity contribution in [2.24, 2.45) is 17.6 Å². The lowest BCUT2D eigenvalue weighted by Crippen LogP contribution is -2.41. The lowest BCUT2D eigenvalue weighted by atomic mass is 9.95. The molecule has 1 saturated heterocycles. The maximum atomic E-state index is 5.86. The number of ether oxygens (including phenoxy) is 1. The van der Waals surface area contributed by atoms with Crippen molar-refractivity contribution in [2.45, 2.75) is 46.1 Å². The summed E-state index contributed by atoms with van der Waals surface area (Å²) < 4.78 is 5.68. The average Bonchev–Trinajstić information content (AvgIpc) is 2.30. The Labute approximate surface area is 107 Å². The first-order chi connectivity index (χ1) is 8.15. The second-order valence-electron chi connectivity index (χ2n) is 5.69. The highest BCUT2D eigenvalue weighted by molar-refractivity contribution is 4.75. The molecule has 3 heteroatoms. The lowest BCUT2D eigenvalue weighted by Gasteiger charge is -2.34. The van der Waals surface area contributed by atoms with Crippen molar-refractivity contribution in [2.75, 3.05) is 32.8 Å². The summed E-state index contributed by atoms with van der Waals surface area (Å²) in [5.74, 6) is 1.42. The van der Waals surface area contributed by atoms with Crippen LogP contribution in [0.5, 0.6) is 0 Å². The predicted molar refractivity (Wildman–Crippen MR) is 73.1 cm³/mol. The maximum absolute atomic E-state index is 5.86. The Bertz CT molecular complexity index is 189. The van der Waals surface area contributed by atoms with Gasteiger partial charge in [-0.15, -0.1) is 0 Å². The first kappa shape index (κ1) is 14.9. The van der Waals surface area contributed by atoms with Gasteiger partial charge in [0.2, 0.25) is 0 Å². The van der Waals surface area contributed by atoms with Gasteiger partial charge in [-0.3, -0.25) is 0 Å². The molecule has 0 aliphatic carbocycles. The van der Waals surface area contributed by atoms with Crippen LogP contribution in [0.2, 0.25) is 0 Å². The molecular weight excluding hydrogens is 212 g/mol. The SMILES string of the molecule is CCOC1CCN(CC(CN)CC(C)C)CC1. The third-order valence-corrected chi connectivity index (χ3v) is 3.59. The summed E-state index contributed by atoms with van der Waals surface area (Å²) in [5.41, 5.74) is 5.86. The Morgan fingerprint density at radius 3 is 2.41 bits per heavy atom. The second kappa shape index (κ2) is 8.06. The van der Waals surface area contributed by atoms with Crippen molar-refractivity contribution in [3.8, 4) is 0 Å². The van der Waals surface area contributed by atoms with Crippen LogP contribution in [0.25, 0.3) is 0 Å². The number of hydrogen-bond donors (Lipinski definition) is 1. The topological polar surface area (TPSA) is 38.5 Å². The first-order valence-electron chi connectivity index (χ1n) is 7.19. The largest absolute Gasteiger partial charge is 0.378 e. The molecule has 1 aliphatic rings. The zero-order chi connectivity index (χ0) is 12.7. The molecule has 0 bridgehead atoms. The smallest absolute Gasteiger partial charge is 0.0599 e. The Hall–Kier alpha value is -0.120. The van der Waals surface area contributed by atoms with E-state index in [1.165, 1.54) is 38.9 Å². The van der Waals surface area contributed by atoms with Crippen molar-refractivity contribution in [3.63, 3.8) is 0 Å². The molecule has 1 aliphatic heterocycles. The van der Waals surface area contributed by atoms with Crippen LogP contribution in [-0.2, 0) is 4.74 Å². The van der Waals surface area contributed by atoms with E-state index in [0.717, 1.165) is 19.1 Å². The molecule has 0 aromatic rings. The van der Waals surface area contributed by atoms with Gasteiger partial charge in [0.1, 0.15) is 0 Å². The Kier molecular flexibility index (Phi) is 7.09. The number of nitrogens with two attached hydrogens (primary N) is 1. The highest BCUT2D eigenvalue weighted by Crippen LogP contribution is 2.17. The monoisotopic (exact) mass is 242 g/mol. The molecule has 0 radical (unpaired) electrons. The summed E-state index contributed by atoms with van der Waals surface area (Å²) in [4.78, 5) is 2.56. The molecule has 0 spiro atoms. The Balaban J connectivity index is 2.23. The van der Waals surface area contributed by atoms with E-state index in [9.17, 15) is 0 Å². The van der Waals surface area contributed by atoms with Crippen LogP contribution in [0, 0.1) is 11.8 Å². The molecule has 102 valence electrons. The summed E-state index contributed by atoms with van der Waals surface area (Å²) in [6.07, 6.45) is 4.12. The maximum Gasteiger partial charge on any atom is 0.0599 e. The Morgan fingerprint density at radius 1 is 1.29 bits per heavy atom. The van der Waals surface area contributed by atoms with Gasteiger partial charge in [-0.2, -0.15) is 0 Å². The molecule has 1 unspecified atom stereocenters.